The van der Waals surface area contributed by atoms with Crippen LogP contribution in [0.1, 0.15) is 33.1 Å². The average molecular weight is 481 g/mol. The predicted molar refractivity (Wildman–Crippen MR) is 125 cm³/mol. The first-order valence-corrected chi connectivity index (χ1v) is 13.7. The number of sulfonamides is 1. The Hall–Kier alpha value is -1.62. The van der Waals surface area contributed by atoms with Crippen LogP contribution in [0, 0.1) is 5.92 Å². The lowest BCUT2D eigenvalue weighted by atomic mass is 9.99. The molecule has 0 bridgehead atoms. The fourth-order valence-corrected chi connectivity index (χ4v) is 6.97. The molecule has 0 saturated carbocycles. The second-order valence-corrected chi connectivity index (χ2v) is 12.0. The maximum absolute atomic E-state index is 13.2. The molecule has 0 aromatic heterocycles. The number of rotatable bonds is 5. The number of anilines is 1. The number of hydrogen-bond acceptors (Lipinski definition) is 6. The summed E-state index contributed by atoms with van der Waals surface area (Å²) in [6.45, 7) is 9.01. The van der Waals surface area contributed by atoms with Crippen LogP contribution < -0.4 is 5.32 Å². The zero-order chi connectivity index (χ0) is 22.9. The molecule has 1 atom stereocenters. The molecule has 1 N–H and O–H groups in total. The number of benzene rings is 1. The van der Waals surface area contributed by atoms with Crippen LogP contribution in [0.25, 0.3) is 0 Å². The van der Waals surface area contributed by atoms with Gasteiger partial charge >= 0.3 is 0 Å². The predicted octanol–water partition coefficient (Wildman–Crippen LogP) is 2.07. The Labute approximate surface area is 194 Å². The van der Waals surface area contributed by atoms with Crippen molar-refractivity contribution in [2.75, 3.05) is 51.1 Å². The highest BCUT2D eigenvalue weighted by Gasteiger charge is 2.37. The van der Waals surface area contributed by atoms with Crippen LogP contribution in [0.3, 0.4) is 0 Å². The molecule has 1 aromatic carbocycles. The maximum Gasteiger partial charge on any atom is 0.247 e. The first kappa shape index (κ1) is 23.5. The van der Waals surface area contributed by atoms with Crippen LogP contribution in [-0.4, -0.2) is 85.4 Å². The number of nitrogens with zero attached hydrogens (tertiary/aromatic N) is 3. The fraction of sp³-hybridized carbons (Fsp3) is 0.636. The zero-order valence-corrected chi connectivity index (χ0v) is 20.4. The zero-order valence-electron chi connectivity index (χ0n) is 18.7. The van der Waals surface area contributed by atoms with Crippen molar-refractivity contribution in [3.05, 3.63) is 18.2 Å². The molecule has 32 heavy (non-hydrogen) atoms. The molecule has 0 aliphatic carbocycles. The summed E-state index contributed by atoms with van der Waals surface area (Å²) >= 11 is 1.21. The summed E-state index contributed by atoms with van der Waals surface area (Å²) < 4.78 is 27.8. The second-order valence-electron chi connectivity index (χ2n) is 8.90. The Balaban J connectivity index is 1.46. The number of carbonyl (C=O) groups is 2. The first-order chi connectivity index (χ1) is 15.3. The van der Waals surface area contributed by atoms with Crippen LogP contribution >= 0.6 is 11.8 Å². The van der Waals surface area contributed by atoms with Gasteiger partial charge in [-0.25, -0.2) is 8.42 Å². The highest BCUT2D eigenvalue weighted by atomic mass is 32.2. The average Bonchev–Trinajstić information content (AvgIpc) is 2.79. The van der Waals surface area contributed by atoms with Gasteiger partial charge in [-0.3, -0.25) is 9.59 Å². The van der Waals surface area contributed by atoms with Gasteiger partial charge in [0.1, 0.15) is 0 Å². The van der Waals surface area contributed by atoms with E-state index in [-0.39, 0.29) is 16.7 Å². The van der Waals surface area contributed by atoms with E-state index >= 15 is 0 Å². The summed E-state index contributed by atoms with van der Waals surface area (Å²) in [5.74, 6) is 0.0585. The molecular weight excluding hydrogens is 448 g/mol. The van der Waals surface area contributed by atoms with E-state index in [4.69, 9.17) is 0 Å². The molecule has 1 unspecified atom stereocenters. The van der Waals surface area contributed by atoms with Crippen LogP contribution in [0.2, 0.25) is 0 Å². The summed E-state index contributed by atoms with van der Waals surface area (Å²) in [4.78, 5) is 30.6. The van der Waals surface area contributed by atoms with Gasteiger partial charge in [-0.15, -0.1) is 11.8 Å². The molecule has 3 aliphatic rings. The lowest BCUT2D eigenvalue weighted by Gasteiger charge is -2.34. The van der Waals surface area contributed by atoms with Gasteiger partial charge in [-0.05, 0) is 49.9 Å². The third-order valence-electron chi connectivity index (χ3n) is 6.52. The topological polar surface area (TPSA) is 90.0 Å². The van der Waals surface area contributed by atoms with Gasteiger partial charge in [0.2, 0.25) is 21.8 Å². The molecule has 3 aliphatic heterocycles. The van der Waals surface area contributed by atoms with E-state index in [1.54, 1.807) is 17.0 Å². The standard InChI is InChI=1S/C22H32N4O4S2/c1-3-8-24-11-13-26(14-12-24)32(29,30)17-4-5-19-18(15-17)23-21(27)20(31-19)22(28)25-9-6-16(2)7-10-25/h4-5,15-16,20H,3,6-14H2,1-2H3,(H,23,27). The minimum absolute atomic E-state index is 0.160. The van der Waals surface area contributed by atoms with Crippen LogP contribution in [0.15, 0.2) is 28.0 Å². The molecule has 2 amide bonds. The molecule has 0 radical (unpaired) electrons. The lowest BCUT2D eigenvalue weighted by Crippen LogP contribution is -2.48. The van der Waals surface area contributed by atoms with E-state index in [1.807, 2.05) is 0 Å². The van der Waals surface area contributed by atoms with Crippen molar-refractivity contribution in [1.29, 1.82) is 0 Å². The molecule has 176 valence electrons. The van der Waals surface area contributed by atoms with Crippen molar-refractivity contribution in [3.63, 3.8) is 0 Å². The van der Waals surface area contributed by atoms with Gasteiger partial charge < -0.3 is 15.1 Å². The number of piperazine rings is 1. The molecule has 0 spiro atoms. The lowest BCUT2D eigenvalue weighted by molar-refractivity contribution is -0.135. The smallest absolute Gasteiger partial charge is 0.247 e. The molecule has 8 nitrogen and oxygen atoms in total. The molecule has 3 heterocycles. The van der Waals surface area contributed by atoms with E-state index in [0.29, 0.717) is 37.8 Å². The summed E-state index contributed by atoms with van der Waals surface area (Å²) in [6.07, 6.45) is 2.96. The Bertz CT molecular complexity index is 968. The molecular formula is C22H32N4O4S2. The van der Waals surface area contributed by atoms with Crippen molar-refractivity contribution in [2.24, 2.45) is 5.92 Å². The summed E-state index contributed by atoms with van der Waals surface area (Å²) in [7, 11) is -3.63. The fourth-order valence-electron chi connectivity index (χ4n) is 4.46. The van der Waals surface area contributed by atoms with Crippen molar-refractivity contribution in [3.8, 4) is 0 Å². The third-order valence-corrected chi connectivity index (χ3v) is 9.68. The molecule has 2 saturated heterocycles. The van der Waals surface area contributed by atoms with Gasteiger partial charge in [0.25, 0.3) is 0 Å². The van der Waals surface area contributed by atoms with Crippen molar-refractivity contribution < 1.29 is 18.0 Å². The number of fused-ring (bicyclic) bond motifs is 1. The Morgan fingerprint density at radius 2 is 1.81 bits per heavy atom. The quantitative estimate of drug-likeness (QED) is 0.649. The minimum Gasteiger partial charge on any atom is -0.341 e. The van der Waals surface area contributed by atoms with Crippen LogP contribution in [-0.2, 0) is 19.6 Å². The maximum atomic E-state index is 13.2. The molecule has 10 heteroatoms. The first-order valence-electron chi connectivity index (χ1n) is 11.4. The number of nitrogens with one attached hydrogen (secondary N) is 1. The van der Waals surface area contributed by atoms with Gasteiger partial charge in [-0.2, -0.15) is 4.31 Å². The van der Waals surface area contributed by atoms with Crippen LogP contribution in [0.4, 0.5) is 5.69 Å². The number of thioether (sulfide) groups is 1. The highest BCUT2D eigenvalue weighted by molar-refractivity contribution is 8.01. The normalized spacial score (nSPS) is 23.6. The highest BCUT2D eigenvalue weighted by Crippen LogP contribution is 2.38. The molecule has 2 fully saturated rings. The SMILES string of the molecule is CCCN1CCN(S(=O)(=O)c2ccc3c(c2)NC(=O)C(C(=O)N2CCC(C)CC2)S3)CC1. The van der Waals surface area contributed by atoms with E-state index in [1.165, 1.54) is 22.1 Å². The van der Waals surface area contributed by atoms with Crippen molar-refractivity contribution in [1.82, 2.24) is 14.1 Å². The van der Waals surface area contributed by atoms with Gasteiger partial charge in [0.05, 0.1) is 10.6 Å². The summed E-state index contributed by atoms with van der Waals surface area (Å²) in [6, 6.07) is 4.82. The van der Waals surface area contributed by atoms with E-state index in [9.17, 15) is 18.0 Å². The third kappa shape index (κ3) is 4.83. The summed E-state index contributed by atoms with van der Waals surface area (Å²) in [5, 5.41) is 1.95. The molecule has 4 rings (SSSR count). The number of hydrogen-bond donors (Lipinski definition) is 1. The Morgan fingerprint density at radius 1 is 1.12 bits per heavy atom. The second kappa shape index (κ2) is 9.70. The Kier molecular flexibility index (Phi) is 7.14. The van der Waals surface area contributed by atoms with E-state index in [0.717, 1.165) is 43.8 Å². The molecule has 1 aromatic rings. The van der Waals surface area contributed by atoms with Gasteiger partial charge in [-0.1, -0.05) is 13.8 Å². The van der Waals surface area contributed by atoms with Crippen molar-refractivity contribution in [2.45, 2.75) is 48.2 Å². The summed E-state index contributed by atoms with van der Waals surface area (Å²) in [5.41, 5.74) is 0.460. The number of likely N-dealkylation sites (tertiary alicyclic amines) is 1. The van der Waals surface area contributed by atoms with E-state index < -0.39 is 15.3 Å². The Morgan fingerprint density at radius 3 is 2.47 bits per heavy atom. The monoisotopic (exact) mass is 480 g/mol. The van der Waals surface area contributed by atoms with Gasteiger partial charge in [0.15, 0.2) is 5.25 Å². The number of carbonyl (C=O) groups excluding carboxylic acids is 2. The largest absolute Gasteiger partial charge is 0.341 e. The van der Waals surface area contributed by atoms with Gasteiger partial charge in [0, 0.05) is 44.2 Å². The van der Waals surface area contributed by atoms with Crippen LogP contribution in [0.5, 0.6) is 0 Å². The van der Waals surface area contributed by atoms with E-state index in [2.05, 4.69) is 24.1 Å². The number of piperidine rings is 1. The minimum atomic E-state index is -3.63. The van der Waals surface area contributed by atoms with Crippen molar-refractivity contribution >= 4 is 39.3 Å². The number of amides is 2.